The van der Waals surface area contributed by atoms with Crippen LogP contribution in [0.2, 0.25) is 0 Å². The third-order valence-corrected chi connectivity index (χ3v) is 5.38. The number of anilines is 1. The van der Waals surface area contributed by atoms with Crippen molar-refractivity contribution in [2.24, 2.45) is 5.73 Å². The molecule has 0 saturated heterocycles. The average molecular weight is 394 g/mol. The molecule has 0 bridgehead atoms. The van der Waals surface area contributed by atoms with E-state index < -0.39 is 11.4 Å². The lowest BCUT2D eigenvalue weighted by Gasteiger charge is -2.25. The van der Waals surface area contributed by atoms with Gasteiger partial charge in [0.25, 0.3) is 5.91 Å². The Labute approximate surface area is 169 Å². The summed E-state index contributed by atoms with van der Waals surface area (Å²) in [6.45, 7) is 3.79. The third-order valence-electron chi connectivity index (χ3n) is 5.38. The average Bonchev–Trinajstić information content (AvgIpc) is 3.40. The number of carbonyl (C=O) groups is 1. The van der Waals surface area contributed by atoms with Crippen molar-refractivity contribution in [2.75, 3.05) is 12.3 Å². The van der Waals surface area contributed by atoms with Crippen LogP contribution in [0.4, 0.5) is 5.82 Å². The maximum absolute atomic E-state index is 12.2. The molecule has 1 amide bonds. The van der Waals surface area contributed by atoms with Crippen LogP contribution in [0, 0.1) is 0 Å². The van der Waals surface area contributed by atoms with Gasteiger partial charge in [-0.25, -0.2) is 4.68 Å². The first kappa shape index (κ1) is 19.3. The predicted molar refractivity (Wildman–Crippen MR) is 113 cm³/mol. The van der Waals surface area contributed by atoms with E-state index in [0.29, 0.717) is 18.2 Å². The topological polar surface area (TPSA) is 116 Å². The van der Waals surface area contributed by atoms with Crippen molar-refractivity contribution in [1.29, 1.82) is 0 Å². The van der Waals surface area contributed by atoms with Crippen LogP contribution in [0.3, 0.4) is 0 Å². The largest absolute Gasteiger partial charge is 0.490 e. The molecule has 1 heterocycles. The lowest BCUT2D eigenvalue weighted by Crippen LogP contribution is -2.30. The van der Waals surface area contributed by atoms with Crippen molar-refractivity contribution in [3.8, 4) is 17.0 Å². The van der Waals surface area contributed by atoms with Crippen molar-refractivity contribution < 1.29 is 14.6 Å². The molecule has 29 heavy (non-hydrogen) atoms. The van der Waals surface area contributed by atoms with Crippen LogP contribution in [0.1, 0.15) is 43.5 Å². The number of hydrogen-bond acceptors (Lipinski definition) is 5. The number of aromatic nitrogens is 2. The molecule has 5 N–H and O–H groups in total. The van der Waals surface area contributed by atoms with Crippen LogP contribution >= 0.6 is 0 Å². The van der Waals surface area contributed by atoms with Crippen LogP contribution in [0.25, 0.3) is 22.0 Å². The molecule has 152 valence electrons. The molecule has 0 unspecified atom stereocenters. The van der Waals surface area contributed by atoms with E-state index in [1.54, 1.807) is 4.68 Å². The van der Waals surface area contributed by atoms with E-state index in [4.69, 9.17) is 16.2 Å². The van der Waals surface area contributed by atoms with E-state index in [1.807, 2.05) is 50.2 Å². The second-order valence-corrected chi connectivity index (χ2v) is 8.21. The molecular weight excluding hydrogens is 368 g/mol. The first-order valence-corrected chi connectivity index (χ1v) is 9.80. The van der Waals surface area contributed by atoms with E-state index in [2.05, 4.69) is 5.10 Å². The zero-order chi connectivity index (χ0) is 20.8. The highest BCUT2D eigenvalue weighted by Gasteiger charge is 2.29. The van der Waals surface area contributed by atoms with Gasteiger partial charge in [-0.2, -0.15) is 5.10 Å². The predicted octanol–water partition coefficient (Wildman–Crippen LogP) is 3.04. The molecule has 1 aliphatic carbocycles. The minimum absolute atomic E-state index is 0.0191. The molecule has 7 nitrogen and oxygen atoms in total. The van der Waals surface area contributed by atoms with Crippen molar-refractivity contribution in [3.63, 3.8) is 0 Å². The first-order valence-electron chi connectivity index (χ1n) is 9.80. The minimum Gasteiger partial charge on any atom is -0.490 e. The molecule has 0 aliphatic heterocycles. The van der Waals surface area contributed by atoms with E-state index in [-0.39, 0.29) is 18.0 Å². The SMILES string of the molecule is CC(C)(CCO)n1nc(-c2ccc3cc(OC4CC4)ccc3c2)c(C(N)=O)c1N. The van der Waals surface area contributed by atoms with Gasteiger partial charge in [0.2, 0.25) is 0 Å². The van der Waals surface area contributed by atoms with E-state index in [0.717, 1.165) is 34.9 Å². The molecule has 0 radical (unpaired) electrons. The standard InChI is InChI=1S/C22H26N4O3/c1-22(2,9-10-27)26-20(23)18(21(24)28)19(25-26)15-4-3-14-12-17(29-16-7-8-16)6-5-13(14)11-15/h3-6,11-12,16,27H,7-10,23H2,1-2H3,(H2,24,28). The number of primary amides is 1. The highest BCUT2D eigenvalue weighted by molar-refractivity contribution is 6.04. The number of amides is 1. The Kier molecular flexibility index (Phi) is 4.70. The maximum atomic E-state index is 12.2. The molecule has 7 heteroatoms. The van der Waals surface area contributed by atoms with Gasteiger partial charge in [0.05, 0.1) is 11.6 Å². The van der Waals surface area contributed by atoms with Gasteiger partial charge in [0.15, 0.2) is 0 Å². The number of carbonyl (C=O) groups excluding carboxylic acids is 1. The Balaban J connectivity index is 1.78. The number of fused-ring (bicyclic) bond motifs is 1. The normalized spacial score (nSPS) is 14.3. The Morgan fingerprint density at radius 1 is 1.24 bits per heavy atom. The van der Waals surface area contributed by atoms with Gasteiger partial charge in [-0.15, -0.1) is 0 Å². The Bertz CT molecular complexity index is 1080. The molecule has 1 fully saturated rings. The molecule has 4 rings (SSSR count). The Morgan fingerprint density at radius 2 is 1.93 bits per heavy atom. The number of benzene rings is 2. The number of ether oxygens (including phenoxy) is 1. The van der Waals surface area contributed by atoms with Crippen LogP contribution < -0.4 is 16.2 Å². The number of hydrogen-bond donors (Lipinski definition) is 3. The quantitative estimate of drug-likeness (QED) is 0.569. The smallest absolute Gasteiger partial charge is 0.254 e. The van der Waals surface area contributed by atoms with Gasteiger partial charge in [-0.3, -0.25) is 4.79 Å². The summed E-state index contributed by atoms with van der Waals surface area (Å²) in [5.41, 5.74) is 12.7. The molecule has 3 aromatic rings. The lowest BCUT2D eigenvalue weighted by atomic mass is 10.0. The molecule has 1 aromatic heterocycles. The van der Waals surface area contributed by atoms with Crippen LogP contribution in [-0.4, -0.2) is 33.5 Å². The van der Waals surface area contributed by atoms with E-state index in [1.165, 1.54) is 0 Å². The summed E-state index contributed by atoms with van der Waals surface area (Å²) in [6.07, 6.45) is 3.02. The monoisotopic (exact) mass is 394 g/mol. The summed E-state index contributed by atoms with van der Waals surface area (Å²) >= 11 is 0. The number of nitrogens with zero attached hydrogens (tertiary/aromatic N) is 2. The summed E-state index contributed by atoms with van der Waals surface area (Å²) in [7, 11) is 0. The molecule has 1 saturated carbocycles. The highest BCUT2D eigenvalue weighted by atomic mass is 16.5. The summed E-state index contributed by atoms with van der Waals surface area (Å²) < 4.78 is 7.44. The Morgan fingerprint density at radius 3 is 2.59 bits per heavy atom. The third kappa shape index (κ3) is 3.65. The minimum atomic E-state index is -0.628. The molecule has 0 spiro atoms. The maximum Gasteiger partial charge on any atom is 0.254 e. The summed E-state index contributed by atoms with van der Waals surface area (Å²) in [5, 5.41) is 16.0. The summed E-state index contributed by atoms with van der Waals surface area (Å²) in [6, 6.07) is 11.8. The molecular formula is C22H26N4O3. The number of aliphatic hydroxyl groups is 1. The first-order chi connectivity index (χ1) is 13.8. The van der Waals surface area contributed by atoms with Gasteiger partial charge in [-0.1, -0.05) is 18.2 Å². The summed E-state index contributed by atoms with van der Waals surface area (Å²) in [4.78, 5) is 12.2. The van der Waals surface area contributed by atoms with Crippen LogP contribution in [-0.2, 0) is 5.54 Å². The fourth-order valence-corrected chi connectivity index (χ4v) is 3.54. The van der Waals surface area contributed by atoms with Gasteiger partial charge < -0.3 is 21.3 Å². The van der Waals surface area contributed by atoms with Gasteiger partial charge in [-0.05, 0) is 62.1 Å². The Hall–Kier alpha value is -3.06. The second kappa shape index (κ2) is 7.08. The van der Waals surface area contributed by atoms with Crippen LogP contribution in [0.15, 0.2) is 36.4 Å². The van der Waals surface area contributed by atoms with E-state index in [9.17, 15) is 9.90 Å². The van der Waals surface area contributed by atoms with Gasteiger partial charge in [0.1, 0.15) is 22.8 Å². The summed E-state index contributed by atoms with van der Waals surface area (Å²) in [5.74, 6) is 0.445. The second-order valence-electron chi connectivity index (χ2n) is 8.21. The zero-order valence-corrected chi connectivity index (χ0v) is 16.7. The zero-order valence-electron chi connectivity index (χ0n) is 16.7. The lowest BCUT2D eigenvalue weighted by molar-refractivity contribution is 0.100. The van der Waals surface area contributed by atoms with E-state index >= 15 is 0 Å². The van der Waals surface area contributed by atoms with Crippen LogP contribution in [0.5, 0.6) is 5.75 Å². The number of nitrogens with two attached hydrogens (primary N) is 2. The number of nitrogen functional groups attached to an aromatic ring is 1. The van der Waals surface area contributed by atoms with Gasteiger partial charge >= 0.3 is 0 Å². The fraction of sp³-hybridized carbons (Fsp3) is 0.364. The highest BCUT2D eigenvalue weighted by Crippen LogP contribution is 2.34. The fourth-order valence-electron chi connectivity index (χ4n) is 3.54. The number of aliphatic hydroxyl groups excluding tert-OH is 1. The molecule has 2 aromatic carbocycles. The van der Waals surface area contributed by atoms with Crippen molar-refractivity contribution in [1.82, 2.24) is 9.78 Å². The molecule has 0 atom stereocenters. The molecule has 1 aliphatic rings. The van der Waals surface area contributed by atoms with Crippen molar-refractivity contribution >= 4 is 22.5 Å². The van der Waals surface area contributed by atoms with Crippen molar-refractivity contribution in [3.05, 3.63) is 42.0 Å². The number of rotatable bonds is 7. The van der Waals surface area contributed by atoms with Gasteiger partial charge in [0, 0.05) is 12.2 Å². The van der Waals surface area contributed by atoms with Crippen molar-refractivity contribution in [2.45, 2.75) is 44.8 Å².